The number of likely N-dealkylation sites (tertiary alicyclic amines) is 1. The van der Waals surface area contributed by atoms with Crippen LogP contribution in [0.25, 0.3) is 0 Å². The fraction of sp³-hybridized carbons (Fsp3) is 1.00. The van der Waals surface area contributed by atoms with Gasteiger partial charge < -0.3 is 16.4 Å². The molecule has 3 nitrogen and oxygen atoms in total. The predicted molar refractivity (Wildman–Crippen MR) is 51.9 cm³/mol. The highest BCUT2D eigenvalue weighted by atomic mass is 15.1. The summed E-state index contributed by atoms with van der Waals surface area (Å²) in [6.07, 6.45) is 3.87. The quantitative estimate of drug-likeness (QED) is 0.626. The van der Waals surface area contributed by atoms with Gasteiger partial charge in [-0.3, -0.25) is 0 Å². The van der Waals surface area contributed by atoms with Crippen molar-refractivity contribution in [3.8, 4) is 0 Å². The summed E-state index contributed by atoms with van der Waals surface area (Å²) in [6.45, 7) is 5.13. The monoisotopic (exact) mass is 171 g/mol. The Balaban J connectivity index is 2.20. The first-order chi connectivity index (χ1) is 5.86. The standard InChI is InChI=1S/C9H21N3/c10-4-3-9-2-1-6-12(8-9)7-5-11/h9H,1-8,10-11H2. The van der Waals surface area contributed by atoms with Crippen LogP contribution in [0.1, 0.15) is 19.3 Å². The van der Waals surface area contributed by atoms with Crippen LogP contribution in [0, 0.1) is 5.92 Å². The highest BCUT2D eigenvalue weighted by Gasteiger charge is 2.17. The van der Waals surface area contributed by atoms with Crippen LogP contribution in [-0.4, -0.2) is 37.6 Å². The first-order valence-corrected chi connectivity index (χ1v) is 4.99. The summed E-state index contributed by atoms with van der Waals surface area (Å²) in [5.41, 5.74) is 11.0. The van der Waals surface area contributed by atoms with Crippen molar-refractivity contribution in [2.75, 3.05) is 32.7 Å². The van der Waals surface area contributed by atoms with Crippen molar-refractivity contribution < 1.29 is 0 Å². The van der Waals surface area contributed by atoms with Gasteiger partial charge in [0.1, 0.15) is 0 Å². The number of hydrogen-bond acceptors (Lipinski definition) is 3. The Morgan fingerprint density at radius 3 is 2.75 bits per heavy atom. The molecular weight excluding hydrogens is 150 g/mol. The van der Waals surface area contributed by atoms with Crippen molar-refractivity contribution in [3.05, 3.63) is 0 Å². The molecule has 1 atom stereocenters. The average molecular weight is 171 g/mol. The molecule has 3 heteroatoms. The molecule has 1 rings (SSSR count). The third-order valence-corrected chi connectivity index (χ3v) is 2.62. The van der Waals surface area contributed by atoms with Gasteiger partial charge in [-0.1, -0.05) is 0 Å². The fourth-order valence-electron chi connectivity index (χ4n) is 2.01. The van der Waals surface area contributed by atoms with Gasteiger partial charge in [-0.2, -0.15) is 0 Å². The van der Waals surface area contributed by atoms with Gasteiger partial charge in [0, 0.05) is 19.6 Å². The lowest BCUT2D eigenvalue weighted by Gasteiger charge is -2.32. The van der Waals surface area contributed by atoms with Gasteiger partial charge >= 0.3 is 0 Å². The number of rotatable bonds is 4. The van der Waals surface area contributed by atoms with Gasteiger partial charge in [0.15, 0.2) is 0 Å². The Morgan fingerprint density at radius 2 is 2.08 bits per heavy atom. The molecule has 0 radical (unpaired) electrons. The molecule has 1 heterocycles. The number of nitrogens with zero attached hydrogens (tertiary/aromatic N) is 1. The molecule has 12 heavy (non-hydrogen) atoms. The van der Waals surface area contributed by atoms with E-state index >= 15 is 0 Å². The average Bonchev–Trinajstić information content (AvgIpc) is 2.06. The Bertz CT molecular complexity index is 100. The highest BCUT2D eigenvalue weighted by Crippen LogP contribution is 2.18. The lowest BCUT2D eigenvalue weighted by atomic mass is 9.95. The topological polar surface area (TPSA) is 55.3 Å². The summed E-state index contributed by atoms with van der Waals surface area (Å²) < 4.78 is 0. The summed E-state index contributed by atoms with van der Waals surface area (Å²) in [7, 11) is 0. The first-order valence-electron chi connectivity index (χ1n) is 4.99. The van der Waals surface area contributed by atoms with Crippen LogP contribution in [0.2, 0.25) is 0 Å². The van der Waals surface area contributed by atoms with E-state index in [9.17, 15) is 0 Å². The van der Waals surface area contributed by atoms with Gasteiger partial charge in [0.05, 0.1) is 0 Å². The molecule has 1 aliphatic heterocycles. The molecular formula is C9H21N3. The minimum Gasteiger partial charge on any atom is -0.330 e. The molecule has 0 aromatic rings. The van der Waals surface area contributed by atoms with Crippen molar-refractivity contribution in [1.29, 1.82) is 0 Å². The molecule has 1 unspecified atom stereocenters. The molecule has 0 aromatic carbocycles. The van der Waals surface area contributed by atoms with E-state index < -0.39 is 0 Å². The molecule has 0 aliphatic carbocycles. The zero-order chi connectivity index (χ0) is 8.81. The molecule has 0 bridgehead atoms. The highest BCUT2D eigenvalue weighted by molar-refractivity contribution is 4.73. The maximum absolute atomic E-state index is 5.54. The van der Waals surface area contributed by atoms with Crippen molar-refractivity contribution in [1.82, 2.24) is 4.90 Å². The van der Waals surface area contributed by atoms with Crippen LogP contribution >= 0.6 is 0 Å². The molecule has 0 amide bonds. The summed E-state index contributed by atoms with van der Waals surface area (Å²) in [6, 6.07) is 0. The van der Waals surface area contributed by atoms with Crippen LogP contribution in [-0.2, 0) is 0 Å². The van der Waals surface area contributed by atoms with Gasteiger partial charge in [-0.25, -0.2) is 0 Å². The SMILES string of the molecule is NCCC1CCCN(CCN)C1. The first kappa shape index (κ1) is 9.96. The second-order valence-corrected chi connectivity index (χ2v) is 3.67. The minimum absolute atomic E-state index is 0.787. The van der Waals surface area contributed by atoms with E-state index in [1.165, 1.54) is 32.4 Å². The molecule has 4 N–H and O–H groups in total. The van der Waals surface area contributed by atoms with E-state index in [2.05, 4.69) is 4.90 Å². The second kappa shape index (κ2) is 5.51. The number of nitrogens with two attached hydrogens (primary N) is 2. The third kappa shape index (κ3) is 3.09. The summed E-state index contributed by atoms with van der Waals surface area (Å²) in [5, 5.41) is 0. The molecule has 72 valence electrons. The number of hydrogen-bond donors (Lipinski definition) is 2. The summed E-state index contributed by atoms with van der Waals surface area (Å²) in [5.74, 6) is 0.829. The van der Waals surface area contributed by atoms with E-state index in [1.807, 2.05) is 0 Å². The van der Waals surface area contributed by atoms with Gasteiger partial charge in [0.25, 0.3) is 0 Å². The van der Waals surface area contributed by atoms with Gasteiger partial charge in [-0.15, -0.1) is 0 Å². The van der Waals surface area contributed by atoms with Crippen molar-refractivity contribution >= 4 is 0 Å². The van der Waals surface area contributed by atoms with Crippen LogP contribution in [0.15, 0.2) is 0 Å². The van der Waals surface area contributed by atoms with Crippen LogP contribution < -0.4 is 11.5 Å². The zero-order valence-corrected chi connectivity index (χ0v) is 7.84. The van der Waals surface area contributed by atoms with E-state index in [0.717, 1.165) is 25.6 Å². The Kier molecular flexibility index (Phi) is 4.58. The Morgan fingerprint density at radius 1 is 1.25 bits per heavy atom. The van der Waals surface area contributed by atoms with Gasteiger partial charge in [0.2, 0.25) is 0 Å². The molecule has 0 spiro atoms. The fourth-order valence-corrected chi connectivity index (χ4v) is 2.01. The zero-order valence-electron chi connectivity index (χ0n) is 7.84. The van der Waals surface area contributed by atoms with Crippen molar-refractivity contribution in [3.63, 3.8) is 0 Å². The van der Waals surface area contributed by atoms with E-state index in [0.29, 0.717) is 0 Å². The van der Waals surface area contributed by atoms with E-state index in [-0.39, 0.29) is 0 Å². The van der Waals surface area contributed by atoms with E-state index in [4.69, 9.17) is 11.5 Å². The van der Waals surface area contributed by atoms with Crippen molar-refractivity contribution in [2.24, 2.45) is 17.4 Å². The predicted octanol–water partition coefficient (Wildman–Crippen LogP) is 0.00590. The lowest BCUT2D eigenvalue weighted by Crippen LogP contribution is -2.39. The second-order valence-electron chi connectivity index (χ2n) is 3.67. The van der Waals surface area contributed by atoms with E-state index in [1.54, 1.807) is 0 Å². The van der Waals surface area contributed by atoms with Crippen LogP contribution in [0.3, 0.4) is 0 Å². The number of piperidine rings is 1. The normalized spacial score (nSPS) is 26.0. The molecule has 1 fully saturated rings. The Labute approximate surface area is 75.1 Å². The molecule has 1 aliphatic rings. The summed E-state index contributed by atoms with van der Waals surface area (Å²) >= 11 is 0. The van der Waals surface area contributed by atoms with Crippen LogP contribution in [0.4, 0.5) is 0 Å². The van der Waals surface area contributed by atoms with Crippen LogP contribution in [0.5, 0.6) is 0 Å². The smallest absolute Gasteiger partial charge is 0.0105 e. The molecule has 1 saturated heterocycles. The maximum atomic E-state index is 5.54. The van der Waals surface area contributed by atoms with Gasteiger partial charge in [-0.05, 0) is 38.3 Å². The lowest BCUT2D eigenvalue weighted by molar-refractivity contribution is 0.174. The summed E-state index contributed by atoms with van der Waals surface area (Å²) in [4.78, 5) is 2.46. The Hall–Kier alpha value is -0.120. The molecule has 0 aromatic heterocycles. The molecule has 0 saturated carbocycles. The van der Waals surface area contributed by atoms with Crippen molar-refractivity contribution in [2.45, 2.75) is 19.3 Å². The third-order valence-electron chi connectivity index (χ3n) is 2.62. The minimum atomic E-state index is 0.787. The largest absolute Gasteiger partial charge is 0.330 e. The maximum Gasteiger partial charge on any atom is 0.0105 e.